The van der Waals surface area contributed by atoms with Crippen molar-refractivity contribution in [3.8, 4) is 0 Å². The molecule has 0 aliphatic rings. The number of rotatable bonds is 6. The van der Waals surface area contributed by atoms with Gasteiger partial charge in [-0.15, -0.1) is 0 Å². The van der Waals surface area contributed by atoms with Crippen LogP contribution in [-0.4, -0.2) is 24.5 Å². The molecule has 2 rings (SSSR count). The molecule has 2 aromatic carbocycles. The van der Waals surface area contributed by atoms with Gasteiger partial charge in [0.25, 0.3) is 11.6 Å². The number of benzene rings is 2. The van der Waals surface area contributed by atoms with E-state index < -0.39 is 10.8 Å². The number of hydrogen-bond donors (Lipinski definition) is 1. The van der Waals surface area contributed by atoms with Gasteiger partial charge in [0.15, 0.2) is 0 Å². The minimum absolute atomic E-state index is 0.0767. The van der Waals surface area contributed by atoms with Crippen LogP contribution < -0.4 is 5.32 Å². The normalized spacial score (nSPS) is 11.8. The summed E-state index contributed by atoms with van der Waals surface area (Å²) in [5, 5.41) is 14.0. The lowest BCUT2D eigenvalue weighted by atomic mass is 10.0. The van der Waals surface area contributed by atoms with Crippen LogP contribution in [-0.2, 0) is 4.74 Å². The van der Waals surface area contributed by atoms with Gasteiger partial charge in [0.05, 0.1) is 11.0 Å². The molecule has 0 aliphatic heterocycles. The fourth-order valence-corrected chi connectivity index (χ4v) is 2.57. The van der Waals surface area contributed by atoms with Crippen molar-refractivity contribution in [2.45, 2.75) is 13.0 Å². The van der Waals surface area contributed by atoms with E-state index in [1.54, 1.807) is 7.11 Å². The van der Waals surface area contributed by atoms with Crippen LogP contribution in [0.4, 0.5) is 5.69 Å². The highest BCUT2D eigenvalue weighted by Crippen LogP contribution is 2.23. The zero-order valence-corrected chi connectivity index (χ0v) is 14.0. The second-order valence-corrected chi connectivity index (χ2v) is 5.65. The van der Waals surface area contributed by atoms with Gasteiger partial charge in [-0.25, -0.2) is 0 Å². The van der Waals surface area contributed by atoms with Gasteiger partial charge < -0.3 is 10.1 Å². The molecule has 0 saturated carbocycles. The number of ether oxygens (including phenoxy) is 1. The van der Waals surface area contributed by atoms with E-state index in [0.717, 1.165) is 11.1 Å². The van der Waals surface area contributed by atoms with E-state index in [4.69, 9.17) is 16.3 Å². The molecule has 0 aromatic heterocycles. The zero-order valence-electron chi connectivity index (χ0n) is 13.3. The summed E-state index contributed by atoms with van der Waals surface area (Å²) < 4.78 is 5.43. The molecular formula is C17H17ClN2O4. The molecule has 1 atom stereocenters. The molecule has 1 N–H and O–H groups in total. The van der Waals surface area contributed by atoms with Gasteiger partial charge in [-0.2, -0.15) is 0 Å². The monoisotopic (exact) mass is 348 g/mol. The molecule has 1 amide bonds. The van der Waals surface area contributed by atoms with Gasteiger partial charge in [0.1, 0.15) is 5.56 Å². The summed E-state index contributed by atoms with van der Waals surface area (Å²) in [5.41, 5.74) is 1.61. The third-order valence-corrected chi connectivity index (χ3v) is 3.90. The smallest absolute Gasteiger partial charge is 0.282 e. The molecule has 0 bridgehead atoms. The molecule has 1 unspecified atom stereocenters. The largest absolute Gasteiger partial charge is 0.375 e. The predicted molar refractivity (Wildman–Crippen MR) is 91.4 cm³/mol. The van der Waals surface area contributed by atoms with Crippen LogP contribution in [0.25, 0.3) is 0 Å². The van der Waals surface area contributed by atoms with E-state index in [2.05, 4.69) is 5.32 Å². The fourth-order valence-electron chi connectivity index (χ4n) is 2.40. The number of carbonyl (C=O) groups is 1. The van der Waals surface area contributed by atoms with Crippen LogP contribution in [0, 0.1) is 17.0 Å². The summed E-state index contributed by atoms with van der Waals surface area (Å²) in [6, 6.07) is 11.5. The van der Waals surface area contributed by atoms with Gasteiger partial charge in [0, 0.05) is 24.7 Å². The van der Waals surface area contributed by atoms with Gasteiger partial charge in [0.2, 0.25) is 0 Å². The topological polar surface area (TPSA) is 81.5 Å². The van der Waals surface area contributed by atoms with Crippen LogP contribution >= 0.6 is 11.6 Å². The number of carbonyl (C=O) groups excluding carboxylic acids is 1. The molecule has 0 saturated heterocycles. The van der Waals surface area contributed by atoms with Crippen molar-refractivity contribution in [2.75, 3.05) is 13.7 Å². The highest BCUT2D eigenvalue weighted by Gasteiger charge is 2.22. The van der Waals surface area contributed by atoms with E-state index in [1.165, 1.54) is 18.2 Å². The number of hydrogen-bond acceptors (Lipinski definition) is 4. The zero-order chi connectivity index (χ0) is 17.7. The van der Waals surface area contributed by atoms with Gasteiger partial charge in [-0.3, -0.25) is 14.9 Å². The number of aryl methyl sites for hydroxylation is 1. The molecular weight excluding hydrogens is 332 g/mol. The Hall–Kier alpha value is -2.44. The van der Waals surface area contributed by atoms with Crippen molar-refractivity contribution < 1.29 is 14.5 Å². The Labute approximate surface area is 144 Å². The Morgan fingerprint density at radius 3 is 2.67 bits per heavy atom. The van der Waals surface area contributed by atoms with Crippen molar-refractivity contribution in [1.29, 1.82) is 0 Å². The average molecular weight is 349 g/mol. The highest BCUT2D eigenvalue weighted by atomic mass is 35.5. The van der Waals surface area contributed by atoms with Crippen molar-refractivity contribution in [2.24, 2.45) is 0 Å². The molecule has 126 valence electrons. The Balaban J connectivity index is 2.17. The number of halogens is 1. The molecule has 0 aliphatic carbocycles. The number of nitrogens with zero attached hydrogens (tertiary/aromatic N) is 1. The van der Waals surface area contributed by atoms with Crippen LogP contribution in [0.1, 0.15) is 27.6 Å². The van der Waals surface area contributed by atoms with Crippen molar-refractivity contribution in [1.82, 2.24) is 5.32 Å². The lowest BCUT2D eigenvalue weighted by Crippen LogP contribution is -2.30. The van der Waals surface area contributed by atoms with Gasteiger partial charge in [-0.1, -0.05) is 35.9 Å². The minimum Gasteiger partial charge on any atom is -0.375 e. The first-order valence-electron chi connectivity index (χ1n) is 7.24. The highest BCUT2D eigenvalue weighted by molar-refractivity contribution is 6.31. The summed E-state index contributed by atoms with van der Waals surface area (Å²) >= 11 is 5.84. The summed E-state index contributed by atoms with van der Waals surface area (Å²) in [7, 11) is 1.55. The van der Waals surface area contributed by atoms with E-state index in [-0.39, 0.29) is 28.9 Å². The number of amides is 1. The maximum Gasteiger partial charge on any atom is 0.282 e. The minimum atomic E-state index is -0.611. The number of methoxy groups -OCH3 is 1. The average Bonchev–Trinajstić information content (AvgIpc) is 2.56. The van der Waals surface area contributed by atoms with Crippen molar-refractivity contribution >= 4 is 23.2 Å². The third kappa shape index (κ3) is 4.10. The third-order valence-electron chi connectivity index (χ3n) is 3.67. The van der Waals surface area contributed by atoms with Gasteiger partial charge in [-0.05, 0) is 30.2 Å². The molecule has 0 spiro atoms. The standard InChI is InChI=1S/C17H17ClN2O4/c1-11-5-3-4-6-13(11)16(24-2)10-19-17(21)14-9-12(18)7-8-15(14)20(22)23/h3-9,16H,10H2,1-2H3,(H,19,21). The second kappa shape index (κ2) is 7.90. The lowest BCUT2D eigenvalue weighted by molar-refractivity contribution is -0.385. The quantitative estimate of drug-likeness (QED) is 0.637. The maximum atomic E-state index is 12.3. The number of nitrogens with one attached hydrogen (secondary N) is 1. The van der Waals surface area contributed by atoms with Crippen molar-refractivity contribution in [3.63, 3.8) is 0 Å². The van der Waals surface area contributed by atoms with Gasteiger partial charge >= 0.3 is 0 Å². The van der Waals surface area contributed by atoms with Crippen LogP contribution in [0.15, 0.2) is 42.5 Å². The number of nitro benzene ring substituents is 1. The van der Waals surface area contributed by atoms with Crippen LogP contribution in [0.2, 0.25) is 5.02 Å². The Bertz CT molecular complexity index is 764. The van der Waals surface area contributed by atoms with E-state index >= 15 is 0 Å². The first-order valence-corrected chi connectivity index (χ1v) is 7.62. The molecule has 24 heavy (non-hydrogen) atoms. The first kappa shape index (κ1) is 17.9. The first-order chi connectivity index (χ1) is 11.4. The molecule has 0 heterocycles. The summed E-state index contributed by atoms with van der Waals surface area (Å²) in [5.74, 6) is -0.570. The number of nitro groups is 1. The summed E-state index contributed by atoms with van der Waals surface area (Å²) in [4.78, 5) is 22.8. The van der Waals surface area contributed by atoms with E-state index in [0.29, 0.717) is 0 Å². The van der Waals surface area contributed by atoms with E-state index in [9.17, 15) is 14.9 Å². The fraction of sp³-hybridized carbons (Fsp3) is 0.235. The predicted octanol–water partition coefficient (Wildman–Crippen LogP) is 3.67. The SMILES string of the molecule is COC(CNC(=O)c1cc(Cl)ccc1[N+](=O)[O-])c1ccccc1C. The summed E-state index contributed by atoms with van der Waals surface area (Å²) in [6.07, 6.45) is -0.353. The van der Waals surface area contributed by atoms with Crippen molar-refractivity contribution in [3.05, 3.63) is 74.3 Å². The molecule has 0 fully saturated rings. The maximum absolute atomic E-state index is 12.3. The summed E-state index contributed by atoms with van der Waals surface area (Å²) in [6.45, 7) is 2.13. The van der Waals surface area contributed by atoms with Crippen LogP contribution in [0.5, 0.6) is 0 Å². The Morgan fingerprint density at radius 1 is 1.33 bits per heavy atom. The van der Waals surface area contributed by atoms with E-state index in [1.807, 2.05) is 31.2 Å². The molecule has 6 nitrogen and oxygen atoms in total. The second-order valence-electron chi connectivity index (χ2n) is 5.21. The van der Waals surface area contributed by atoms with Crippen LogP contribution in [0.3, 0.4) is 0 Å². The Morgan fingerprint density at radius 2 is 2.04 bits per heavy atom. The molecule has 0 radical (unpaired) electrons. The lowest BCUT2D eigenvalue weighted by Gasteiger charge is -2.18. The Kier molecular flexibility index (Phi) is 5.89. The molecule has 7 heteroatoms. The molecule has 2 aromatic rings.